The van der Waals surface area contributed by atoms with Crippen LogP contribution in [-0.4, -0.2) is 95.7 Å². The summed E-state index contributed by atoms with van der Waals surface area (Å²) in [5.41, 5.74) is 0. The molecule has 0 amide bonds. The van der Waals surface area contributed by atoms with Gasteiger partial charge >= 0.3 is 0 Å². The quantitative estimate of drug-likeness (QED) is 0.517. The number of hydrogen-bond acceptors (Lipinski definition) is 3. The lowest BCUT2D eigenvalue weighted by Gasteiger charge is -2.54. The molecule has 4 aliphatic rings. The predicted molar refractivity (Wildman–Crippen MR) is 71.0 cm³/mol. The Morgan fingerprint density at radius 2 is 1.47 bits per heavy atom. The van der Waals surface area contributed by atoms with E-state index >= 15 is 0 Å². The molecule has 3 unspecified atom stereocenters. The van der Waals surface area contributed by atoms with Crippen LogP contribution in [0.25, 0.3) is 0 Å². The first-order chi connectivity index (χ1) is 8.34. The van der Waals surface area contributed by atoms with Gasteiger partial charge in [-0.05, 0) is 0 Å². The number of halogens is 1. The predicted octanol–water partition coefficient (Wildman–Crippen LogP) is -0.189. The van der Waals surface area contributed by atoms with Crippen LogP contribution < -0.4 is 0 Å². The van der Waals surface area contributed by atoms with Crippen molar-refractivity contribution in [3.05, 3.63) is 0 Å². The highest BCUT2D eigenvalue weighted by Gasteiger charge is 2.59. The van der Waals surface area contributed by atoms with Crippen LogP contribution in [0.4, 0.5) is 0 Å². The van der Waals surface area contributed by atoms with Crippen molar-refractivity contribution < 1.29 is 4.48 Å². The molecule has 0 aromatic rings. The molecular weight excluding hydrogens is 280 g/mol. The highest BCUT2D eigenvalue weighted by molar-refractivity contribution is 9.09. The Balaban J connectivity index is 1.71. The zero-order chi connectivity index (χ0) is 11.5. The van der Waals surface area contributed by atoms with Crippen LogP contribution in [0.2, 0.25) is 0 Å². The Morgan fingerprint density at radius 3 is 2.18 bits per heavy atom. The Kier molecular flexibility index (Phi) is 2.57. The minimum atomic E-state index is 0.735. The van der Waals surface area contributed by atoms with Crippen molar-refractivity contribution in [1.82, 2.24) is 14.7 Å². The molecule has 4 heterocycles. The van der Waals surface area contributed by atoms with Gasteiger partial charge in [-0.2, -0.15) is 0 Å². The van der Waals surface area contributed by atoms with E-state index in [0.717, 1.165) is 17.7 Å². The van der Waals surface area contributed by atoms with Gasteiger partial charge in [0.1, 0.15) is 6.17 Å². The Hall–Kier alpha value is 0.320. The van der Waals surface area contributed by atoms with Crippen LogP contribution in [0.1, 0.15) is 0 Å². The Morgan fingerprint density at radius 1 is 0.882 bits per heavy atom. The van der Waals surface area contributed by atoms with E-state index in [9.17, 15) is 0 Å². The van der Waals surface area contributed by atoms with Crippen LogP contribution in [-0.2, 0) is 0 Å². The van der Waals surface area contributed by atoms with Gasteiger partial charge in [-0.15, -0.1) is 0 Å². The molecule has 17 heavy (non-hydrogen) atoms. The molecule has 0 N–H and O–H groups in total. The van der Waals surface area contributed by atoms with Crippen LogP contribution >= 0.6 is 15.9 Å². The fraction of sp³-hybridized carbons (Fsp3) is 1.00. The maximum atomic E-state index is 3.68. The van der Waals surface area contributed by atoms with Crippen molar-refractivity contribution in [3.63, 3.8) is 0 Å². The number of quaternary nitrogens is 1. The molecule has 3 atom stereocenters. The second-order valence-corrected chi connectivity index (χ2v) is 6.81. The summed E-state index contributed by atoms with van der Waals surface area (Å²) in [6.07, 6.45) is 1.51. The third-order valence-electron chi connectivity index (χ3n) is 5.49. The van der Waals surface area contributed by atoms with Crippen LogP contribution in [0.5, 0.6) is 0 Å². The van der Waals surface area contributed by atoms with Gasteiger partial charge in [-0.3, -0.25) is 9.80 Å². The molecule has 4 rings (SSSR count). The zero-order valence-corrected chi connectivity index (χ0v) is 12.0. The molecule has 0 spiro atoms. The summed E-state index contributed by atoms with van der Waals surface area (Å²) in [4.78, 5) is 8.26. The lowest BCUT2D eigenvalue weighted by molar-refractivity contribution is -0.951. The summed E-state index contributed by atoms with van der Waals surface area (Å²) < 4.78 is 1.36. The van der Waals surface area contributed by atoms with Crippen molar-refractivity contribution in [2.24, 2.45) is 0 Å². The van der Waals surface area contributed by atoms with Crippen molar-refractivity contribution in [3.8, 4) is 0 Å². The van der Waals surface area contributed by atoms with Gasteiger partial charge in [0, 0.05) is 32.7 Å². The van der Waals surface area contributed by atoms with E-state index in [4.69, 9.17) is 0 Å². The van der Waals surface area contributed by atoms with E-state index in [0.29, 0.717) is 0 Å². The Labute approximate surface area is 112 Å². The molecule has 0 aliphatic carbocycles. The minimum absolute atomic E-state index is 0.735. The molecule has 4 saturated heterocycles. The monoisotopic (exact) mass is 301 g/mol. The maximum Gasteiger partial charge on any atom is 0.175 e. The van der Waals surface area contributed by atoms with Crippen LogP contribution in [0.15, 0.2) is 0 Å². The highest BCUT2D eigenvalue weighted by atomic mass is 79.9. The first kappa shape index (κ1) is 11.2. The largest absolute Gasteiger partial charge is 0.303 e. The molecule has 0 saturated carbocycles. The zero-order valence-electron chi connectivity index (χ0n) is 10.4. The van der Waals surface area contributed by atoms with Gasteiger partial charge in [0.15, 0.2) is 6.17 Å². The number of nitrogens with zero attached hydrogens (tertiary/aromatic N) is 4. The van der Waals surface area contributed by atoms with Gasteiger partial charge in [-0.25, -0.2) is 4.90 Å². The number of hydrogen-bond donors (Lipinski definition) is 0. The molecule has 4 fully saturated rings. The van der Waals surface area contributed by atoms with E-state index in [2.05, 4.69) is 30.6 Å². The lowest BCUT2D eigenvalue weighted by Crippen LogP contribution is -2.74. The molecular formula is C12H22BrN4+. The van der Waals surface area contributed by atoms with Gasteiger partial charge in [-0.1, -0.05) is 15.9 Å². The van der Waals surface area contributed by atoms with Crippen molar-refractivity contribution in [2.75, 3.05) is 64.2 Å². The number of alkyl halides is 1. The first-order valence-corrected chi connectivity index (χ1v) is 8.10. The Bertz CT molecular complexity index is 320. The van der Waals surface area contributed by atoms with Crippen molar-refractivity contribution >= 4 is 15.9 Å². The summed E-state index contributed by atoms with van der Waals surface area (Å²) in [6.45, 7) is 11.9. The average molecular weight is 302 g/mol. The van der Waals surface area contributed by atoms with E-state index in [-0.39, 0.29) is 0 Å². The second-order valence-electron chi connectivity index (χ2n) is 6.01. The van der Waals surface area contributed by atoms with Gasteiger partial charge in [0.05, 0.1) is 31.5 Å². The topological polar surface area (TPSA) is 9.72 Å². The molecule has 0 radical (unpaired) electrons. The summed E-state index contributed by atoms with van der Waals surface area (Å²) in [5.74, 6) is 0. The van der Waals surface area contributed by atoms with Crippen LogP contribution in [0, 0.1) is 0 Å². The summed E-state index contributed by atoms with van der Waals surface area (Å²) in [6, 6.07) is 0. The van der Waals surface area contributed by atoms with Crippen molar-refractivity contribution in [2.45, 2.75) is 12.3 Å². The molecule has 4 nitrogen and oxygen atoms in total. The van der Waals surface area contributed by atoms with E-state index < -0.39 is 0 Å². The summed E-state index contributed by atoms with van der Waals surface area (Å²) in [7, 11) is 0. The van der Waals surface area contributed by atoms with Gasteiger partial charge in [0.25, 0.3) is 0 Å². The number of piperazine rings is 2. The van der Waals surface area contributed by atoms with E-state index in [1.165, 1.54) is 63.4 Å². The van der Waals surface area contributed by atoms with Crippen LogP contribution in [0.3, 0.4) is 0 Å². The van der Waals surface area contributed by atoms with E-state index in [1.807, 2.05) is 0 Å². The highest BCUT2D eigenvalue weighted by Crippen LogP contribution is 2.38. The van der Waals surface area contributed by atoms with Crippen molar-refractivity contribution in [1.29, 1.82) is 0 Å². The standard InChI is InChI=1S/C12H22BrN4/c13-1-8-17-9-6-15-3-2-14-4-5-16(7-10-17)12(17)11(14)15/h11-12H,1-10H2/q+1. The lowest BCUT2D eigenvalue weighted by atomic mass is 10.1. The first-order valence-electron chi connectivity index (χ1n) is 6.98. The smallest absolute Gasteiger partial charge is 0.175 e. The molecule has 4 aliphatic heterocycles. The normalized spacial score (nSPS) is 46.4. The summed E-state index contributed by atoms with van der Waals surface area (Å²) in [5, 5.41) is 1.16. The molecule has 0 bridgehead atoms. The maximum absolute atomic E-state index is 3.68. The molecule has 0 aromatic heterocycles. The fourth-order valence-corrected chi connectivity index (χ4v) is 5.33. The number of rotatable bonds is 2. The van der Waals surface area contributed by atoms with Gasteiger partial charge < -0.3 is 4.48 Å². The third kappa shape index (κ3) is 1.43. The summed E-state index contributed by atoms with van der Waals surface area (Å²) >= 11 is 3.68. The van der Waals surface area contributed by atoms with E-state index in [1.54, 1.807) is 0 Å². The second kappa shape index (κ2) is 3.90. The molecule has 0 aromatic carbocycles. The minimum Gasteiger partial charge on any atom is -0.303 e. The molecule has 96 valence electrons. The third-order valence-corrected chi connectivity index (χ3v) is 5.85. The molecule has 5 heteroatoms. The fourth-order valence-electron chi connectivity index (χ4n) is 4.62. The SMILES string of the molecule is BrCC[N+]12CCN3CCN4CCN(CC1)C2C43. The average Bonchev–Trinajstić information content (AvgIpc) is 2.89. The van der Waals surface area contributed by atoms with Gasteiger partial charge in [0.2, 0.25) is 0 Å².